The van der Waals surface area contributed by atoms with Gasteiger partial charge in [-0.2, -0.15) is 5.26 Å². The second-order valence-electron chi connectivity index (χ2n) is 8.48. The van der Waals surface area contributed by atoms with Gasteiger partial charge in [0.1, 0.15) is 6.54 Å². The van der Waals surface area contributed by atoms with Crippen LogP contribution in [0.15, 0.2) is 66.7 Å². The van der Waals surface area contributed by atoms with Crippen LogP contribution in [-0.2, 0) is 0 Å². The summed E-state index contributed by atoms with van der Waals surface area (Å²) in [5.74, 6) is 0.308. The number of benzene rings is 3. The molecule has 0 unspecified atom stereocenters. The molecule has 0 heterocycles. The predicted molar refractivity (Wildman–Crippen MR) is 125 cm³/mol. The molecule has 1 aliphatic carbocycles. The second-order valence-corrected chi connectivity index (χ2v) is 8.48. The highest BCUT2D eigenvalue weighted by atomic mass is 16.1. The molecule has 0 aliphatic heterocycles. The van der Waals surface area contributed by atoms with E-state index in [1.165, 1.54) is 41.2 Å². The molecule has 1 fully saturated rings. The van der Waals surface area contributed by atoms with Gasteiger partial charge in [0.15, 0.2) is 0 Å². The van der Waals surface area contributed by atoms with Gasteiger partial charge in [-0.15, -0.1) is 0 Å². The van der Waals surface area contributed by atoms with Gasteiger partial charge >= 0.3 is 0 Å². The van der Waals surface area contributed by atoms with E-state index in [0.29, 0.717) is 23.6 Å². The molecule has 0 aromatic heterocycles. The molecule has 0 bridgehead atoms. The minimum atomic E-state index is -0.194. The number of hydrogen-bond acceptors (Lipinski definition) is 3. The Morgan fingerprint density at radius 2 is 1.84 bits per heavy atom. The van der Waals surface area contributed by atoms with E-state index in [4.69, 9.17) is 5.26 Å². The lowest BCUT2D eigenvalue weighted by atomic mass is 9.80. The third-order valence-electron chi connectivity index (χ3n) is 6.42. The number of nitrogens with zero attached hydrogens (tertiary/aromatic N) is 1. The van der Waals surface area contributed by atoms with Crippen LogP contribution in [0.4, 0.5) is 0 Å². The van der Waals surface area contributed by atoms with Gasteiger partial charge in [0.25, 0.3) is 5.91 Å². The zero-order chi connectivity index (χ0) is 21.6. The molecule has 4 heteroatoms. The lowest BCUT2D eigenvalue weighted by molar-refractivity contribution is 0.0958. The zero-order valence-electron chi connectivity index (χ0n) is 18.0. The maximum absolute atomic E-state index is 12.0. The van der Waals surface area contributed by atoms with Crippen LogP contribution in [-0.4, -0.2) is 18.5 Å². The van der Waals surface area contributed by atoms with Crippen molar-refractivity contribution in [2.75, 3.05) is 6.54 Å². The smallest absolute Gasteiger partial charge is 0.252 e. The Balaban J connectivity index is 1.41. The molecule has 158 valence electrons. The van der Waals surface area contributed by atoms with E-state index in [0.717, 1.165) is 6.42 Å². The molecule has 3 aromatic carbocycles. The van der Waals surface area contributed by atoms with E-state index in [1.54, 1.807) is 0 Å². The molecule has 4 rings (SSSR count). The maximum Gasteiger partial charge on any atom is 0.252 e. The minimum absolute atomic E-state index is 0.0332. The Labute approximate surface area is 184 Å². The van der Waals surface area contributed by atoms with Gasteiger partial charge in [0, 0.05) is 17.6 Å². The van der Waals surface area contributed by atoms with Crippen molar-refractivity contribution < 1.29 is 4.79 Å². The SMILES string of the molecule is C[C@@H](N[C@H]1CCC[C@H](c2ccc(C(=O)NCC#N)cc2)C1)c1cccc2ccccc12. The van der Waals surface area contributed by atoms with Crippen molar-refractivity contribution >= 4 is 16.7 Å². The molecule has 1 saturated carbocycles. The van der Waals surface area contributed by atoms with Gasteiger partial charge < -0.3 is 10.6 Å². The van der Waals surface area contributed by atoms with Crippen molar-refractivity contribution in [1.82, 2.24) is 10.6 Å². The van der Waals surface area contributed by atoms with Gasteiger partial charge in [0.2, 0.25) is 0 Å². The highest BCUT2D eigenvalue weighted by molar-refractivity contribution is 5.94. The number of fused-ring (bicyclic) bond motifs is 1. The van der Waals surface area contributed by atoms with Gasteiger partial charge in [-0.05, 0) is 66.1 Å². The summed E-state index contributed by atoms with van der Waals surface area (Å²) < 4.78 is 0. The summed E-state index contributed by atoms with van der Waals surface area (Å²) in [7, 11) is 0. The van der Waals surface area contributed by atoms with Crippen LogP contribution in [0.5, 0.6) is 0 Å². The maximum atomic E-state index is 12.0. The number of hydrogen-bond donors (Lipinski definition) is 2. The van der Waals surface area contributed by atoms with Gasteiger partial charge in [-0.25, -0.2) is 0 Å². The average Bonchev–Trinajstić information content (AvgIpc) is 2.82. The Morgan fingerprint density at radius 3 is 2.65 bits per heavy atom. The van der Waals surface area contributed by atoms with E-state index in [-0.39, 0.29) is 12.5 Å². The molecule has 3 aromatic rings. The lowest BCUT2D eigenvalue weighted by Gasteiger charge is -2.32. The quantitative estimate of drug-likeness (QED) is 0.529. The predicted octanol–water partition coefficient (Wildman–Crippen LogP) is 5.47. The molecule has 0 saturated heterocycles. The van der Waals surface area contributed by atoms with Crippen molar-refractivity contribution in [3.63, 3.8) is 0 Å². The normalized spacial score (nSPS) is 19.5. The fraction of sp³-hybridized carbons (Fsp3) is 0.333. The van der Waals surface area contributed by atoms with Crippen molar-refractivity contribution in [3.05, 3.63) is 83.4 Å². The number of carbonyl (C=O) groups excluding carboxylic acids is 1. The fourth-order valence-electron chi connectivity index (χ4n) is 4.84. The van der Waals surface area contributed by atoms with Crippen molar-refractivity contribution in [2.24, 2.45) is 0 Å². The average molecular weight is 412 g/mol. The van der Waals surface area contributed by atoms with Crippen LogP contribution in [0, 0.1) is 11.3 Å². The van der Waals surface area contributed by atoms with Crippen molar-refractivity contribution in [1.29, 1.82) is 5.26 Å². The first-order valence-electron chi connectivity index (χ1n) is 11.1. The van der Waals surface area contributed by atoms with Crippen molar-refractivity contribution in [3.8, 4) is 6.07 Å². The van der Waals surface area contributed by atoms with E-state index in [1.807, 2.05) is 18.2 Å². The highest BCUT2D eigenvalue weighted by Gasteiger charge is 2.25. The number of amides is 1. The molecule has 1 aliphatic rings. The monoisotopic (exact) mass is 411 g/mol. The van der Waals surface area contributed by atoms with Crippen LogP contribution in [0.3, 0.4) is 0 Å². The van der Waals surface area contributed by atoms with Crippen LogP contribution < -0.4 is 10.6 Å². The third kappa shape index (κ3) is 4.95. The summed E-state index contributed by atoms with van der Waals surface area (Å²) in [5.41, 5.74) is 3.25. The molecular weight excluding hydrogens is 382 g/mol. The first-order valence-corrected chi connectivity index (χ1v) is 11.1. The fourth-order valence-corrected chi connectivity index (χ4v) is 4.84. The lowest BCUT2D eigenvalue weighted by Crippen LogP contribution is -2.35. The van der Waals surface area contributed by atoms with Gasteiger partial charge in [0.05, 0.1) is 6.07 Å². The van der Waals surface area contributed by atoms with Crippen LogP contribution >= 0.6 is 0 Å². The largest absolute Gasteiger partial charge is 0.339 e. The third-order valence-corrected chi connectivity index (χ3v) is 6.42. The molecular formula is C27H29N3O. The molecule has 4 nitrogen and oxygen atoms in total. The summed E-state index contributed by atoms with van der Waals surface area (Å²) in [6.07, 6.45) is 4.69. The van der Waals surface area contributed by atoms with E-state index >= 15 is 0 Å². The standard InChI is InChI=1S/C27H29N3O/c1-19(25-11-5-7-21-6-2-3-10-26(21)25)30-24-9-4-8-23(18-24)20-12-14-22(15-13-20)27(31)29-17-16-28/h2-3,5-7,10-15,19,23-24,30H,4,8-9,17-18H2,1H3,(H,29,31)/t19-,23+,24+/m1/s1. The molecule has 0 radical (unpaired) electrons. The zero-order valence-corrected chi connectivity index (χ0v) is 18.0. The van der Waals surface area contributed by atoms with E-state index in [2.05, 4.69) is 72.2 Å². The molecule has 0 spiro atoms. The number of nitrogens with one attached hydrogen (secondary N) is 2. The van der Waals surface area contributed by atoms with E-state index in [9.17, 15) is 4.79 Å². The first kappa shape index (κ1) is 21.1. The molecule has 1 amide bonds. The summed E-state index contributed by atoms with van der Waals surface area (Å²) in [5, 5.41) is 17.7. The topological polar surface area (TPSA) is 64.9 Å². The first-order chi connectivity index (χ1) is 15.2. The van der Waals surface area contributed by atoms with Gasteiger partial charge in [-0.1, -0.05) is 61.0 Å². The summed E-state index contributed by atoms with van der Waals surface area (Å²) in [6.45, 7) is 2.30. The molecule has 31 heavy (non-hydrogen) atoms. The Kier molecular flexibility index (Phi) is 6.64. The molecule has 3 atom stereocenters. The summed E-state index contributed by atoms with van der Waals surface area (Å²) >= 11 is 0. The van der Waals surface area contributed by atoms with Crippen LogP contribution in [0.1, 0.15) is 66.1 Å². The summed E-state index contributed by atoms with van der Waals surface area (Å²) in [6, 6.07) is 25.7. The van der Waals surface area contributed by atoms with Gasteiger partial charge in [-0.3, -0.25) is 4.79 Å². The number of nitriles is 1. The minimum Gasteiger partial charge on any atom is -0.339 e. The summed E-state index contributed by atoms with van der Waals surface area (Å²) in [4.78, 5) is 12.0. The van der Waals surface area contributed by atoms with Crippen molar-refractivity contribution in [2.45, 2.75) is 50.6 Å². The second kappa shape index (κ2) is 9.76. The number of carbonyl (C=O) groups is 1. The Bertz CT molecular complexity index is 1080. The van der Waals surface area contributed by atoms with E-state index < -0.39 is 0 Å². The van der Waals surface area contributed by atoms with Crippen LogP contribution in [0.2, 0.25) is 0 Å². The number of rotatable bonds is 6. The Morgan fingerprint density at radius 1 is 1.06 bits per heavy atom. The Hall–Kier alpha value is -3.16. The van der Waals surface area contributed by atoms with Crippen LogP contribution in [0.25, 0.3) is 10.8 Å². The molecule has 2 N–H and O–H groups in total. The highest BCUT2D eigenvalue weighted by Crippen LogP contribution is 2.34.